The molecule has 0 aliphatic heterocycles. The monoisotopic (exact) mass is 238 g/mol. The Morgan fingerprint density at radius 2 is 2.06 bits per heavy atom. The molecule has 17 heavy (non-hydrogen) atoms. The normalized spacial score (nSPS) is 10.7. The molecular formula is C10H7FN2O4. The van der Waals surface area contributed by atoms with Gasteiger partial charge in [0, 0.05) is 24.6 Å². The number of halogens is 1. The van der Waals surface area contributed by atoms with Crippen LogP contribution in [-0.4, -0.2) is 14.6 Å². The number of aryl methyl sites for hydroxylation is 1. The van der Waals surface area contributed by atoms with E-state index in [1.165, 1.54) is 7.05 Å². The standard InChI is InChI=1S/C10H7FN2O4/c1-12-7-4-6(11)8(13(16)17)2-5(7)3-9(14)10(12)15/h2-4,14H,1H3. The van der Waals surface area contributed by atoms with E-state index in [9.17, 15) is 24.4 Å². The van der Waals surface area contributed by atoms with Crippen molar-refractivity contribution in [3.8, 4) is 5.75 Å². The second kappa shape index (κ2) is 3.55. The summed E-state index contributed by atoms with van der Waals surface area (Å²) in [6.45, 7) is 0. The van der Waals surface area contributed by atoms with Gasteiger partial charge in [-0.2, -0.15) is 4.39 Å². The Balaban J connectivity index is 2.93. The van der Waals surface area contributed by atoms with Crippen LogP contribution in [0.3, 0.4) is 0 Å². The van der Waals surface area contributed by atoms with E-state index in [1.54, 1.807) is 0 Å². The summed E-state index contributed by atoms with van der Waals surface area (Å²) < 4.78 is 14.4. The highest BCUT2D eigenvalue weighted by molar-refractivity contribution is 5.82. The molecule has 0 saturated carbocycles. The van der Waals surface area contributed by atoms with E-state index in [4.69, 9.17) is 0 Å². The molecule has 1 aromatic heterocycles. The summed E-state index contributed by atoms with van der Waals surface area (Å²) in [6, 6.07) is 2.95. The van der Waals surface area contributed by atoms with E-state index >= 15 is 0 Å². The minimum atomic E-state index is -1.02. The lowest BCUT2D eigenvalue weighted by Gasteiger charge is -2.05. The third kappa shape index (κ3) is 1.61. The summed E-state index contributed by atoms with van der Waals surface area (Å²) in [5, 5.41) is 20.1. The van der Waals surface area contributed by atoms with Gasteiger partial charge in [-0.15, -0.1) is 0 Å². The minimum absolute atomic E-state index is 0.177. The van der Waals surface area contributed by atoms with E-state index in [-0.39, 0.29) is 10.9 Å². The average Bonchev–Trinajstić information content (AvgIpc) is 2.26. The molecular weight excluding hydrogens is 231 g/mol. The van der Waals surface area contributed by atoms with Crippen LogP contribution in [0.5, 0.6) is 5.75 Å². The topological polar surface area (TPSA) is 85.4 Å². The van der Waals surface area contributed by atoms with Crippen LogP contribution in [0.1, 0.15) is 0 Å². The number of nitro benzene ring substituents is 1. The van der Waals surface area contributed by atoms with E-state index < -0.39 is 27.7 Å². The third-order valence-corrected chi connectivity index (χ3v) is 2.47. The molecule has 0 radical (unpaired) electrons. The van der Waals surface area contributed by atoms with Gasteiger partial charge in [0.25, 0.3) is 5.56 Å². The first-order valence-electron chi connectivity index (χ1n) is 4.58. The second-order valence-corrected chi connectivity index (χ2v) is 3.51. The molecule has 7 heteroatoms. The molecule has 0 aliphatic carbocycles. The highest BCUT2D eigenvalue weighted by Crippen LogP contribution is 2.25. The molecule has 0 bridgehead atoms. The van der Waals surface area contributed by atoms with Gasteiger partial charge in [0.2, 0.25) is 5.82 Å². The van der Waals surface area contributed by atoms with Crippen molar-refractivity contribution in [1.29, 1.82) is 0 Å². The zero-order valence-corrected chi connectivity index (χ0v) is 8.68. The van der Waals surface area contributed by atoms with Gasteiger partial charge in [0.15, 0.2) is 5.75 Å². The van der Waals surface area contributed by atoms with Crippen LogP contribution in [0.15, 0.2) is 23.0 Å². The summed E-state index contributed by atoms with van der Waals surface area (Å²) in [6.07, 6.45) is 0. The summed E-state index contributed by atoms with van der Waals surface area (Å²) >= 11 is 0. The molecule has 1 N–H and O–H groups in total. The number of nitrogens with zero attached hydrogens (tertiary/aromatic N) is 2. The maximum absolute atomic E-state index is 13.4. The summed E-state index contributed by atoms with van der Waals surface area (Å²) in [4.78, 5) is 21.0. The number of rotatable bonds is 1. The Kier molecular flexibility index (Phi) is 2.31. The van der Waals surface area contributed by atoms with Gasteiger partial charge in [-0.05, 0) is 6.07 Å². The lowest BCUT2D eigenvalue weighted by Crippen LogP contribution is -2.16. The molecule has 2 aromatic rings. The van der Waals surface area contributed by atoms with Crippen LogP contribution in [0.4, 0.5) is 10.1 Å². The molecule has 0 atom stereocenters. The smallest absolute Gasteiger partial charge is 0.305 e. The van der Waals surface area contributed by atoms with Crippen molar-refractivity contribution in [2.45, 2.75) is 0 Å². The molecule has 0 aliphatic rings. The Labute approximate surface area is 93.7 Å². The molecule has 1 aromatic carbocycles. The number of nitro groups is 1. The van der Waals surface area contributed by atoms with Gasteiger partial charge in [-0.25, -0.2) is 0 Å². The van der Waals surface area contributed by atoms with Gasteiger partial charge < -0.3 is 9.67 Å². The minimum Gasteiger partial charge on any atom is -0.503 e. The number of fused-ring (bicyclic) bond motifs is 1. The number of hydrogen-bond donors (Lipinski definition) is 1. The molecule has 0 amide bonds. The largest absolute Gasteiger partial charge is 0.503 e. The fraction of sp³-hybridized carbons (Fsp3) is 0.100. The van der Waals surface area contributed by atoms with Crippen LogP contribution in [0.25, 0.3) is 10.9 Å². The summed E-state index contributed by atoms with van der Waals surface area (Å²) in [5.74, 6) is -1.57. The Hall–Kier alpha value is -2.44. The molecule has 0 unspecified atom stereocenters. The predicted octanol–water partition coefficient (Wildman–Crippen LogP) is 1.29. The second-order valence-electron chi connectivity index (χ2n) is 3.51. The number of aromatic nitrogens is 1. The molecule has 2 rings (SSSR count). The lowest BCUT2D eigenvalue weighted by atomic mass is 10.2. The van der Waals surface area contributed by atoms with E-state index in [0.717, 1.165) is 22.8 Å². The summed E-state index contributed by atoms with van der Waals surface area (Å²) in [7, 11) is 1.34. The van der Waals surface area contributed by atoms with Crippen LogP contribution in [0.2, 0.25) is 0 Å². The van der Waals surface area contributed by atoms with Crippen LogP contribution < -0.4 is 5.56 Å². The van der Waals surface area contributed by atoms with Crippen LogP contribution in [-0.2, 0) is 7.05 Å². The van der Waals surface area contributed by atoms with Gasteiger partial charge in [0.1, 0.15) is 0 Å². The zero-order chi connectivity index (χ0) is 12.7. The fourth-order valence-electron chi connectivity index (χ4n) is 1.60. The molecule has 88 valence electrons. The fourth-order valence-corrected chi connectivity index (χ4v) is 1.60. The van der Waals surface area contributed by atoms with E-state index in [1.807, 2.05) is 0 Å². The molecule has 0 fully saturated rings. The van der Waals surface area contributed by atoms with Gasteiger partial charge >= 0.3 is 5.69 Å². The summed E-state index contributed by atoms with van der Waals surface area (Å²) in [5.41, 5.74) is -1.21. The first-order chi connectivity index (χ1) is 7.91. The Morgan fingerprint density at radius 1 is 1.41 bits per heavy atom. The number of benzene rings is 1. The number of aromatic hydroxyl groups is 1. The van der Waals surface area contributed by atoms with E-state index in [2.05, 4.69) is 0 Å². The van der Waals surface area contributed by atoms with Crippen molar-refractivity contribution in [3.63, 3.8) is 0 Å². The lowest BCUT2D eigenvalue weighted by molar-refractivity contribution is -0.387. The van der Waals surface area contributed by atoms with Crippen molar-refractivity contribution < 1.29 is 14.4 Å². The van der Waals surface area contributed by atoms with Crippen molar-refractivity contribution in [2.75, 3.05) is 0 Å². The molecule has 0 saturated heterocycles. The Bertz CT molecular complexity index is 693. The highest BCUT2D eigenvalue weighted by atomic mass is 19.1. The van der Waals surface area contributed by atoms with Crippen LogP contribution >= 0.6 is 0 Å². The molecule has 6 nitrogen and oxygen atoms in total. The molecule has 1 heterocycles. The molecule has 0 spiro atoms. The van der Waals surface area contributed by atoms with E-state index in [0.29, 0.717) is 0 Å². The van der Waals surface area contributed by atoms with Gasteiger partial charge in [-0.1, -0.05) is 0 Å². The quantitative estimate of drug-likeness (QED) is 0.599. The highest BCUT2D eigenvalue weighted by Gasteiger charge is 2.17. The van der Waals surface area contributed by atoms with Gasteiger partial charge in [-0.3, -0.25) is 14.9 Å². The number of hydrogen-bond acceptors (Lipinski definition) is 4. The van der Waals surface area contributed by atoms with Crippen molar-refractivity contribution in [3.05, 3.63) is 44.5 Å². The first-order valence-corrected chi connectivity index (χ1v) is 4.58. The average molecular weight is 238 g/mol. The van der Waals surface area contributed by atoms with Gasteiger partial charge in [0.05, 0.1) is 10.4 Å². The van der Waals surface area contributed by atoms with Crippen molar-refractivity contribution in [1.82, 2.24) is 4.57 Å². The first kappa shape index (κ1) is 11.1. The van der Waals surface area contributed by atoms with Crippen molar-refractivity contribution >= 4 is 16.6 Å². The maximum Gasteiger partial charge on any atom is 0.305 e. The zero-order valence-electron chi connectivity index (χ0n) is 8.68. The van der Waals surface area contributed by atoms with Crippen molar-refractivity contribution in [2.24, 2.45) is 7.05 Å². The SMILES string of the molecule is Cn1c(=O)c(O)cc2cc([N+](=O)[O-])c(F)cc21. The maximum atomic E-state index is 13.4. The number of pyridine rings is 1. The predicted molar refractivity (Wildman–Crippen MR) is 57.5 cm³/mol. The Morgan fingerprint density at radius 3 is 2.65 bits per heavy atom. The van der Waals surface area contributed by atoms with Crippen LogP contribution in [0, 0.1) is 15.9 Å². The third-order valence-electron chi connectivity index (χ3n) is 2.47.